The van der Waals surface area contributed by atoms with E-state index in [4.69, 9.17) is 5.11 Å². The number of hydrogen-bond donors (Lipinski definition) is 1. The van der Waals surface area contributed by atoms with Gasteiger partial charge in [0, 0.05) is 6.42 Å². The number of carbonyl (C=O) groups is 1. The van der Waals surface area contributed by atoms with E-state index in [9.17, 15) is 9.18 Å². The average Bonchev–Trinajstić information content (AvgIpc) is 2.09. The second kappa shape index (κ2) is 2.97. The highest BCUT2D eigenvalue weighted by Crippen LogP contribution is 2.25. The molecule has 0 heterocycles. The minimum atomic E-state index is -2.11. The molecule has 12 heavy (non-hydrogen) atoms. The van der Waals surface area contributed by atoms with E-state index in [2.05, 4.69) is 4.74 Å². The summed E-state index contributed by atoms with van der Waals surface area (Å²) in [6, 6.07) is 0. The number of alkyl halides is 1. The highest BCUT2D eigenvalue weighted by molar-refractivity contribution is 5.82. The third-order valence-corrected chi connectivity index (χ3v) is 1.65. The van der Waals surface area contributed by atoms with Crippen LogP contribution in [0.15, 0.2) is 24.0 Å². The monoisotopic (exact) mass is 172 g/mol. The lowest BCUT2D eigenvalue weighted by Crippen LogP contribution is -2.33. The maximum Gasteiger partial charge on any atom is 0.348 e. The van der Waals surface area contributed by atoms with Crippen LogP contribution in [0.3, 0.4) is 0 Å². The Bertz CT molecular complexity index is 257. The molecular formula is C8H9FO3. The van der Waals surface area contributed by atoms with Gasteiger partial charge in [-0.25, -0.2) is 9.18 Å². The molecule has 66 valence electrons. The van der Waals surface area contributed by atoms with Crippen LogP contribution >= 0.6 is 0 Å². The predicted molar refractivity (Wildman–Crippen MR) is 40.3 cm³/mol. The number of halogens is 1. The van der Waals surface area contributed by atoms with Crippen molar-refractivity contribution in [1.29, 1.82) is 0 Å². The van der Waals surface area contributed by atoms with Crippen molar-refractivity contribution in [3.05, 3.63) is 24.0 Å². The standard InChI is InChI=1S/C8H9FO3/c1-12-7(11)8(9)4-2-6(10)3-5-8/h2-4,10H,5H2,1H3. The second-order valence-electron chi connectivity index (χ2n) is 2.52. The molecule has 0 radical (unpaired) electrons. The zero-order chi connectivity index (χ0) is 9.19. The number of aliphatic hydroxyl groups is 1. The van der Waals surface area contributed by atoms with E-state index in [1.165, 1.54) is 6.08 Å². The summed E-state index contributed by atoms with van der Waals surface area (Å²) in [4.78, 5) is 10.8. The van der Waals surface area contributed by atoms with Crippen molar-refractivity contribution in [2.75, 3.05) is 7.11 Å². The summed E-state index contributed by atoms with van der Waals surface area (Å²) < 4.78 is 17.7. The van der Waals surface area contributed by atoms with Gasteiger partial charge in [0.15, 0.2) is 0 Å². The van der Waals surface area contributed by atoms with Crippen molar-refractivity contribution in [3.8, 4) is 0 Å². The highest BCUT2D eigenvalue weighted by Gasteiger charge is 2.37. The summed E-state index contributed by atoms with van der Waals surface area (Å²) >= 11 is 0. The van der Waals surface area contributed by atoms with E-state index in [0.29, 0.717) is 0 Å². The molecule has 0 aromatic rings. The quantitative estimate of drug-likeness (QED) is 0.606. The lowest BCUT2D eigenvalue weighted by atomic mass is 9.97. The fourth-order valence-electron chi connectivity index (χ4n) is 0.928. The largest absolute Gasteiger partial charge is 0.508 e. The first-order valence-corrected chi connectivity index (χ1v) is 3.44. The van der Waals surface area contributed by atoms with Gasteiger partial charge in [-0.2, -0.15) is 0 Å². The van der Waals surface area contributed by atoms with E-state index < -0.39 is 11.6 Å². The van der Waals surface area contributed by atoms with Gasteiger partial charge in [0.1, 0.15) is 5.76 Å². The van der Waals surface area contributed by atoms with Crippen molar-refractivity contribution < 1.29 is 19.0 Å². The number of allylic oxidation sites excluding steroid dienone is 2. The van der Waals surface area contributed by atoms with Crippen LogP contribution in [0.25, 0.3) is 0 Å². The number of methoxy groups -OCH3 is 1. The lowest BCUT2D eigenvalue weighted by molar-refractivity contribution is -0.151. The summed E-state index contributed by atoms with van der Waals surface area (Å²) in [5.74, 6) is -0.977. The molecule has 0 saturated carbocycles. The Labute approximate surface area is 69.1 Å². The normalized spacial score (nSPS) is 28.0. The van der Waals surface area contributed by atoms with Gasteiger partial charge in [-0.3, -0.25) is 0 Å². The van der Waals surface area contributed by atoms with Gasteiger partial charge < -0.3 is 9.84 Å². The number of ether oxygens (including phenoxy) is 1. The fourth-order valence-corrected chi connectivity index (χ4v) is 0.928. The van der Waals surface area contributed by atoms with Crippen LogP contribution < -0.4 is 0 Å². The molecule has 1 rings (SSSR count). The molecule has 1 unspecified atom stereocenters. The third kappa shape index (κ3) is 1.47. The van der Waals surface area contributed by atoms with Gasteiger partial charge in [-0.05, 0) is 18.2 Å². The highest BCUT2D eigenvalue weighted by atomic mass is 19.1. The summed E-state index contributed by atoms with van der Waals surface area (Å²) in [5.41, 5.74) is -2.11. The Morgan fingerprint density at radius 2 is 2.50 bits per heavy atom. The van der Waals surface area contributed by atoms with Gasteiger partial charge in [0.25, 0.3) is 0 Å². The zero-order valence-electron chi connectivity index (χ0n) is 6.58. The Morgan fingerprint density at radius 3 is 2.92 bits per heavy atom. The van der Waals surface area contributed by atoms with Crippen molar-refractivity contribution in [2.45, 2.75) is 12.1 Å². The van der Waals surface area contributed by atoms with Crippen molar-refractivity contribution >= 4 is 5.97 Å². The first-order chi connectivity index (χ1) is 5.58. The minimum Gasteiger partial charge on any atom is -0.508 e. The third-order valence-electron chi connectivity index (χ3n) is 1.65. The molecule has 0 spiro atoms. The molecule has 1 atom stereocenters. The summed E-state index contributed by atoms with van der Waals surface area (Å²) in [6.07, 6.45) is 3.19. The number of hydrogen-bond acceptors (Lipinski definition) is 3. The van der Waals surface area contributed by atoms with Crippen LogP contribution in [0.5, 0.6) is 0 Å². The molecule has 0 fully saturated rings. The zero-order valence-corrected chi connectivity index (χ0v) is 6.58. The van der Waals surface area contributed by atoms with Crippen LogP contribution in [0, 0.1) is 0 Å². The Morgan fingerprint density at radius 1 is 1.83 bits per heavy atom. The molecule has 0 amide bonds. The topological polar surface area (TPSA) is 46.5 Å². The first-order valence-electron chi connectivity index (χ1n) is 3.44. The summed E-state index contributed by atoms with van der Waals surface area (Å²) in [7, 11) is 1.12. The molecule has 0 saturated heterocycles. The Hall–Kier alpha value is -1.32. The number of carbonyl (C=O) groups excluding carboxylic acids is 1. The Kier molecular flexibility index (Phi) is 2.17. The lowest BCUT2D eigenvalue weighted by Gasteiger charge is -2.19. The molecular weight excluding hydrogens is 163 g/mol. The van der Waals surface area contributed by atoms with Crippen molar-refractivity contribution in [3.63, 3.8) is 0 Å². The maximum absolute atomic E-state index is 13.4. The van der Waals surface area contributed by atoms with E-state index in [1.807, 2.05) is 0 Å². The minimum absolute atomic E-state index is 0.0350. The van der Waals surface area contributed by atoms with Gasteiger partial charge in [0.05, 0.1) is 7.11 Å². The number of aliphatic hydroxyl groups excluding tert-OH is 1. The smallest absolute Gasteiger partial charge is 0.348 e. The Balaban J connectivity index is 2.78. The molecule has 3 nitrogen and oxygen atoms in total. The van der Waals surface area contributed by atoms with Crippen LogP contribution in [-0.4, -0.2) is 23.9 Å². The number of esters is 1. The maximum atomic E-state index is 13.4. The fraction of sp³-hybridized carbons (Fsp3) is 0.375. The van der Waals surface area contributed by atoms with Gasteiger partial charge in [-0.1, -0.05) is 0 Å². The van der Waals surface area contributed by atoms with Crippen LogP contribution in [0.4, 0.5) is 4.39 Å². The molecule has 0 bridgehead atoms. The SMILES string of the molecule is COC(=O)C1(F)C=CC(O)=CC1. The van der Waals surface area contributed by atoms with Gasteiger partial charge in [-0.15, -0.1) is 0 Å². The molecule has 0 aliphatic heterocycles. The predicted octanol–water partition coefficient (Wildman–Crippen LogP) is 1.27. The van der Waals surface area contributed by atoms with Crippen molar-refractivity contribution in [1.82, 2.24) is 0 Å². The second-order valence-corrected chi connectivity index (χ2v) is 2.52. The van der Waals surface area contributed by atoms with Gasteiger partial charge >= 0.3 is 5.97 Å². The molecule has 0 aromatic carbocycles. The molecule has 1 N–H and O–H groups in total. The van der Waals surface area contributed by atoms with Crippen LogP contribution in [0.1, 0.15) is 6.42 Å². The van der Waals surface area contributed by atoms with Crippen molar-refractivity contribution in [2.24, 2.45) is 0 Å². The summed E-state index contributed by atoms with van der Waals surface area (Å²) in [5, 5.41) is 8.85. The first kappa shape index (κ1) is 8.77. The number of rotatable bonds is 1. The molecule has 1 aliphatic carbocycles. The summed E-state index contributed by atoms with van der Waals surface area (Å²) in [6.45, 7) is 0. The van der Waals surface area contributed by atoms with E-state index in [-0.39, 0.29) is 12.2 Å². The van der Waals surface area contributed by atoms with Crippen LogP contribution in [-0.2, 0) is 9.53 Å². The molecule has 0 aromatic heterocycles. The van der Waals surface area contributed by atoms with E-state index >= 15 is 0 Å². The van der Waals surface area contributed by atoms with E-state index in [0.717, 1.165) is 19.3 Å². The van der Waals surface area contributed by atoms with E-state index in [1.54, 1.807) is 0 Å². The van der Waals surface area contributed by atoms with Crippen LogP contribution in [0.2, 0.25) is 0 Å². The average molecular weight is 172 g/mol. The van der Waals surface area contributed by atoms with Gasteiger partial charge in [0.2, 0.25) is 5.67 Å². The molecule has 1 aliphatic rings. The molecule has 4 heteroatoms.